The number of hydrogen-bond acceptors (Lipinski definition) is 3. The summed E-state index contributed by atoms with van der Waals surface area (Å²) in [6.45, 7) is 4.69. The minimum atomic E-state index is -0.267. The third-order valence-corrected chi connectivity index (χ3v) is 3.48. The fraction of sp³-hybridized carbons (Fsp3) is 0.250. The molecule has 0 saturated heterocycles. The van der Waals surface area contributed by atoms with Crippen LogP contribution in [0.1, 0.15) is 29.8 Å². The van der Waals surface area contributed by atoms with Crippen molar-refractivity contribution in [3.63, 3.8) is 0 Å². The van der Waals surface area contributed by atoms with Gasteiger partial charge in [0.1, 0.15) is 0 Å². The molecule has 1 aromatic carbocycles. The van der Waals surface area contributed by atoms with Crippen molar-refractivity contribution in [1.29, 1.82) is 0 Å². The second-order valence-corrected chi connectivity index (χ2v) is 5.56. The molecule has 2 aromatic rings. The monoisotopic (exact) mass is 285 g/mol. The highest BCUT2D eigenvalue weighted by molar-refractivity contribution is 6.03. The van der Waals surface area contributed by atoms with Gasteiger partial charge in [-0.15, -0.1) is 0 Å². The minimum absolute atomic E-state index is 0.0958. The van der Waals surface area contributed by atoms with E-state index in [-0.39, 0.29) is 16.9 Å². The SMILES string of the molecule is CC(C)(CN)c1ccc(NC(=O)c2ccc(=O)[nH]c2)cc1. The predicted molar refractivity (Wildman–Crippen MR) is 83.5 cm³/mol. The van der Waals surface area contributed by atoms with E-state index in [1.54, 1.807) is 0 Å². The van der Waals surface area contributed by atoms with Gasteiger partial charge in [0, 0.05) is 29.9 Å². The molecule has 0 aliphatic carbocycles. The maximum atomic E-state index is 12.0. The lowest BCUT2D eigenvalue weighted by Gasteiger charge is -2.23. The van der Waals surface area contributed by atoms with Crippen molar-refractivity contribution < 1.29 is 4.79 Å². The van der Waals surface area contributed by atoms with Crippen LogP contribution in [0, 0.1) is 0 Å². The van der Waals surface area contributed by atoms with E-state index in [0.717, 1.165) is 5.56 Å². The molecule has 1 heterocycles. The highest BCUT2D eigenvalue weighted by Crippen LogP contribution is 2.23. The van der Waals surface area contributed by atoms with Gasteiger partial charge in [-0.2, -0.15) is 0 Å². The summed E-state index contributed by atoms with van der Waals surface area (Å²) >= 11 is 0. The van der Waals surface area contributed by atoms with Crippen molar-refractivity contribution in [3.05, 3.63) is 64.1 Å². The fourth-order valence-corrected chi connectivity index (χ4v) is 1.88. The summed E-state index contributed by atoms with van der Waals surface area (Å²) < 4.78 is 0. The number of carbonyl (C=O) groups excluding carboxylic acids is 1. The van der Waals surface area contributed by atoms with Crippen molar-refractivity contribution in [1.82, 2.24) is 4.98 Å². The van der Waals surface area contributed by atoms with Gasteiger partial charge in [0.25, 0.3) is 5.91 Å². The molecule has 0 spiro atoms. The van der Waals surface area contributed by atoms with Gasteiger partial charge in [0.2, 0.25) is 5.56 Å². The molecule has 0 atom stereocenters. The van der Waals surface area contributed by atoms with Gasteiger partial charge in [0.15, 0.2) is 0 Å². The normalized spacial score (nSPS) is 11.2. The van der Waals surface area contributed by atoms with Crippen LogP contribution in [0.15, 0.2) is 47.4 Å². The van der Waals surface area contributed by atoms with Crippen molar-refractivity contribution >= 4 is 11.6 Å². The summed E-state index contributed by atoms with van der Waals surface area (Å²) in [6.07, 6.45) is 1.39. The molecule has 0 aliphatic heterocycles. The van der Waals surface area contributed by atoms with Gasteiger partial charge in [-0.25, -0.2) is 0 Å². The Bertz CT molecular complexity index is 667. The zero-order valence-corrected chi connectivity index (χ0v) is 12.1. The molecule has 4 N–H and O–H groups in total. The summed E-state index contributed by atoms with van der Waals surface area (Å²) in [5, 5.41) is 2.78. The van der Waals surface area contributed by atoms with Crippen LogP contribution in [0.3, 0.4) is 0 Å². The zero-order valence-electron chi connectivity index (χ0n) is 12.1. The highest BCUT2D eigenvalue weighted by Gasteiger charge is 2.18. The predicted octanol–water partition coefficient (Wildman–Crippen LogP) is 1.86. The average molecular weight is 285 g/mol. The van der Waals surface area contributed by atoms with Crippen LogP contribution in [0.5, 0.6) is 0 Å². The Kier molecular flexibility index (Phi) is 4.23. The summed E-state index contributed by atoms with van der Waals surface area (Å²) in [5.41, 5.74) is 7.63. The molecule has 0 saturated carbocycles. The lowest BCUT2D eigenvalue weighted by Crippen LogP contribution is -2.28. The van der Waals surface area contributed by atoms with Crippen molar-refractivity contribution in [2.45, 2.75) is 19.3 Å². The Labute approximate surface area is 123 Å². The van der Waals surface area contributed by atoms with E-state index >= 15 is 0 Å². The molecule has 1 amide bonds. The third kappa shape index (κ3) is 3.58. The van der Waals surface area contributed by atoms with Gasteiger partial charge in [-0.05, 0) is 23.8 Å². The van der Waals surface area contributed by atoms with Crippen LogP contribution in [0.25, 0.3) is 0 Å². The molecule has 5 heteroatoms. The molecule has 0 aliphatic rings. The third-order valence-electron chi connectivity index (χ3n) is 3.48. The molecule has 0 radical (unpaired) electrons. The molecule has 110 valence electrons. The second-order valence-electron chi connectivity index (χ2n) is 5.56. The Morgan fingerprint density at radius 3 is 2.38 bits per heavy atom. The van der Waals surface area contributed by atoms with E-state index in [9.17, 15) is 9.59 Å². The van der Waals surface area contributed by atoms with E-state index in [1.165, 1.54) is 18.3 Å². The van der Waals surface area contributed by atoms with Crippen molar-refractivity contribution in [2.24, 2.45) is 5.73 Å². The Morgan fingerprint density at radius 1 is 1.19 bits per heavy atom. The van der Waals surface area contributed by atoms with Crippen LogP contribution >= 0.6 is 0 Å². The molecule has 5 nitrogen and oxygen atoms in total. The zero-order chi connectivity index (χ0) is 15.5. The van der Waals surface area contributed by atoms with E-state index in [2.05, 4.69) is 24.1 Å². The second kappa shape index (κ2) is 5.93. The van der Waals surface area contributed by atoms with E-state index in [0.29, 0.717) is 17.8 Å². The maximum Gasteiger partial charge on any atom is 0.257 e. The Balaban J connectivity index is 2.12. The van der Waals surface area contributed by atoms with Crippen LogP contribution in [-0.2, 0) is 5.41 Å². The van der Waals surface area contributed by atoms with Crippen molar-refractivity contribution in [2.75, 3.05) is 11.9 Å². The molecule has 0 fully saturated rings. The van der Waals surface area contributed by atoms with Crippen LogP contribution < -0.4 is 16.6 Å². The average Bonchev–Trinajstić information content (AvgIpc) is 2.48. The molecule has 21 heavy (non-hydrogen) atoms. The molecular formula is C16H19N3O2. The first-order valence-electron chi connectivity index (χ1n) is 6.73. The quantitative estimate of drug-likeness (QED) is 0.801. The Morgan fingerprint density at radius 2 is 1.86 bits per heavy atom. The molecule has 2 rings (SSSR count). The number of rotatable bonds is 4. The highest BCUT2D eigenvalue weighted by atomic mass is 16.1. The standard InChI is InChI=1S/C16H19N3O2/c1-16(2,10-17)12-4-6-13(7-5-12)19-15(21)11-3-8-14(20)18-9-11/h3-9H,10,17H2,1-2H3,(H,18,20)(H,19,21). The van der Waals surface area contributed by atoms with Gasteiger partial charge >= 0.3 is 0 Å². The molecule has 1 aromatic heterocycles. The number of carbonyl (C=O) groups is 1. The first-order valence-corrected chi connectivity index (χ1v) is 6.73. The van der Waals surface area contributed by atoms with E-state index in [4.69, 9.17) is 5.73 Å². The number of aromatic amines is 1. The number of pyridine rings is 1. The number of H-pyrrole nitrogens is 1. The number of amides is 1. The topological polar surface area (TPSA) is 88.0 Å². The van der Waals surface area contributed by atoms with Crippen LogP contribution in [-0.4, -0.2) is 17.4 Å². The van der Waals surface area contributed by atoms with Crippen molar-refractivity contribution in [3.8, 4) is 0 Å². The minimum Gasteiger partial charge on any atom is -0.330 e. The molecule has 0 bridgehead atoms. The number of benzene rings is 1. The summed E-state index contributed by atoms with van der Waals surface area (Å²) in [6, 6.07) is 10.4. The lowest BCUT2D eigenvalue weighted by molar-refractivity contribution is 0.102. The smallest absolute Gasteiger partial charge is 0.257 e. The first kappa shape index (κ1) is 15.0. The first-order chi connectivity index (χ1) is 9.92. The fourth-order valence-electron chi connectivity index (χ4n) is 1.88. The van der Waals surface area contributed by atoms with Gasteiger partial charge < -0.3 is 16.0 Å². The van der Waals surface area contributed by atoms with Gasteiger partial charge in [0.05, 0.1) is 5.56 Å². The number of nitrogens with one attached hydrogen (secondary N) is 2. The number of hydrogen-bond donors (Lipinski definition) is 3. The van der Waals surface area contributed by atoms with E-state index < -0.39 is 0 Å². The molecular weight excluding hydrogens is 266 g/mol. The van der Waals surface area contributed by atoms with Gasteiger partial charge in [-0.3, -0.25) is 9.59 Å². The largest absolute Gasteiger partial charge is 0.330 e. The summed E-state index contributed by atoms with van der Waals surface area (Å²) in [4.78, 5) is 25.4. The summed E-state index contributed by atoms with van der Waals surface area (Å²) in [7, 11) is 0. The number of anilines is 1. The Hall–Kier alpha value is -2.40. The van der Waals surface area contributed by atoms with E-state index in [1.807, 2.05) is 24.3 Å². The summed E-state index contributed by atoms with van der Waals surface area (Å²) in [5.74, 6) is -0.267. The van der Waals surface area contributed by atoms with Gasteiger partial charge in [-0.1, -0.05) is 26.0 Å². The van der Waals surface area contributed by atoms with Crippen LogP contribution in [0.4, 0.5) is 5.69 Å². The van der Waals surface area contributed by atoms with Crippen LogP contribution in [0.2, 0.25) is 0 Å². The molecule has 0 unspecified atom stereocenters. The lowest BCUT2D eigenvalue weighted by atomic mass is 9.85. The number of aromatic nitrogens is 1. The number of nitrogens with two attached hydrogens (primary N) is 1. The maximum absolute atomic E-state index is 12.0.